The van der Waals surface area contributed by atoms with E-state index in [1.54, 1.807) is 0 Å². The second-order valence-electron chi connectivity index (χ2n) is 4.46. The van der Waals surface area contributed by atoms with E-state index < -0.39 is 0 Å². The average molecular weight is 234 g/mol. The Labute approximate surface area is 101 Å². The first-order chi connectivity index (χ1) is 8.24. The maximum Gasteiger partial charge on any atom is 0.173 e. The van der Waals surface area contributed by atoms with Gasteiger partial charge >= 0.3 is 0 Å². The third-order valence-electron chi connectivity index (χ3n) is 3.11. The highest BCUT2D eigenvalue weighted by atomic mass is 16.5. The number of ketones is 1. The average Bonchev–Trinajstić information content (AvgIpc) is 2.37. The lowest BCUT2D eigenvalue weighted by molar-refractivity contribution is -0.126. The van der Waals surface area contributed by atoms with Crippen LogP contribution in [-0.2, 0) is 17.8 Å². The zero-order valence-electron chi connectivity index (χ0n) is 10.1. The molecule has 1 atom stereocenters. The summed E-state index contributed by atoms with van der Waals surface area (Å²) in [6.45, 7) is 2.05. The van der Waals surface area contributed by atoms with Crippen molar-refractivity contribution in [2.75, 3.05) is 0 Å². The summed E-state index contributed by atoms with van der Waals surface area (Å²) in [4.78, 5) is 11.8. The number of rotatable bonds is 4. The molecule has 0 amide bonds. The second-order valence-corrected chi connectivity index (χ2v) is 4.46. The molecule has 1 aromatic rings. The molecule has 92 valence electrons. The summed E-state index contributed by atoms with van der Waals surface area (Å²) >= 11 is 0. The van der Waals surface area contributed by atoms with Gasteiger partial charge in [-0.05, 0) is 42.5 Å². The van der Waals surface area contributed by atoms with Crippen LogP contribution in [0.5, 0.6) is 5.75 Å². The molecule has 3 nitrogen and oxygen atoms in total. The lowest BCUT2D eigenvalue weighted by atomic mass is 9.97. The molecule has 1 aromatic carbocycles. The van der Waals surface area contributed by atoms with Crippen LogP contribution in [0.2, 0.25) is 0 Å². The second kappa shape index (κ2) is 5.32. The molecule has 1 aliphatic heterocycles. The molecule has 0 aliphatic carbocycles. The van der Waals surface area contributed by atoms with Crippen LogP contribution >= 0.6 is 0 Å². The quantitative estimate of drug-likeness (QED) is 0.869. The highest BCUT2D eigenvalue weighted by Crippen LogP contribution is 2.29. The Hall–Kier alpha value is -1.35. The van der Waals surface area contributed by atoms with Crippen LogP contribution in [-0.4, -0.2) is 17.0 Å². The summed E-state index contributed by atoms with van der Waals surface area (Å²) in [6, 6.07) is 5.65. The van der Waals surface area contributed by atoms with Gasteiger partial charge in [-0.15, -0.1) is 0 Å². The third kappa shape index (κ3) is 2.67. The number of ether oxygens (including phenoxy) is 1. The highest BCUT2D eigenvalue weighted by molar-refractivity contribution is 5.83. The molecular formula is C14H18O3. The van der Waals surface area contributed by atoms with Gasteiger partial charge in [0.2, 0.25) is 0 Å². The summed E-state index contributed by atoms with van der Waals surface area (Å²) in [5.74, 6) is 0.993. The molecule has 0 bridgehead atoms. The topological polar surface area (TPSA) is 46.5 Å². The normalized spacial score (nSPS) is 18.4. The van der Waals surface area contributed by atoms with E-state index in [1.165, 1.54) is 0 Å². The molecule has 1 unspecified atom stereocenters. The summed E-state index contributed by atoms with van der Waals surface area (Å²) in [5, 5.41) is 9.05. The lowest BCUT2D eigenvalue weighted by Crippen LogP contribution is -2.31. The predicted molar refractivity (Wildman–Crippen MR) is 65.0 cm³/mol. The number of aliphatic hydroxyl groups is 1. The number of hydrogen-bond donors (Lipinski definition) is 1. The van der Waals surface area contributed by atoms with Crippen molar-refractivity contribution in [2.45, 2.75) is 45.3 Å². The van der Waals surface area contributed by atoms with E-state index in [9.17, 15) is 4.79 Å². The first-order valence-corrected chi connectivity index (χ1v) is 6.16. The van der Waals surface area contributed by atoms with Gasteiger partial charge in [0.25, 0.3) is 0 Å². The summed E-state index contributed by atoms with van der Waals surface area (Å²) in [5.41, 5.74) is 1.99. The van der Waals surface area contributed by atoms with Crippen LogP contribution in [0.1, 0.15) is 37.3 Å². The molecule has 3 heteroatoms. The van der Waals surface area contributed by atoms with Crippen molar-refractivity contribution >= 4 is 5.78 Å². The van der Waals surface area contributed by atoms with Crippen LogP contribution in [0.25, 0.3) is 0 Å². The summed E-state index contributed by atoms with van der Waals surface area (Å²) in [7, 11) is 0. The molecule has 0 radical (unpaired) electrons. The highest BCUT2D eigenvalue weighted by Gasteiger charge is 2.25. The summed E-state index contributed by atoms with van der Waals surface area (Å²) < 4.78 is 5.71. The predicted octanol–water partition coefficient (Wildman–Crippen LogP) is 2.24. The Bertz CT molecular complexity index is 412. The van der Waals surface area contributed by atoms with Gasteiger partial charge in [0, 0.05) is 6.42 Å². The van der Waals surface area contributed by atoms with Gasteiger partial charge in [0.15, 0.2) is 11.9 Å². The lowest BCUT2D eigenvalue weighted by Gasteiger charge is -2.25. The maximum atomic E-state index is 11.8. The standard InChI is InChI=1S/C14H18O3/c1-2-3-12(16)14-7-5-11-8-10(9-15)4-6-13(11)17-14/h4,6,8,14-15H,2-3,5,7,9H2,1H3. The molecule has 2 rings (SSSR count). The van der Waals surface area contributed by atoms with Crippen molar-refractivity contribution in [3.63, 3.8) is 0 Å². The molecule has 0 saturated heterocycles. The molecule has 0 spiro atoms. The minimum Gasteiger partial charge on any atom is -0.482 e. The van der Waals surface area contributed by atoms with Crippen LogP contribution in [0.4, 0.5) is 0 Å². The number of aliphatic hydroxyl groups excluding tert-OH is 1. The Kier molecular flexibility index (Phi) is 3.79. The minimum absolute atomic E-state index is 0.0471. The van der Waals surface area contributed by atoms with E-state index in [0.29, 0.717) is 6.42 Å². The maximum absolute atomic E-state index is 11.8. The van der Waals surface area contributed by atoms with Gasteiger partial charge in [0.05, 0.1) is 6.61 Å². The largest absolute Gasteiger partial charge is 0.482 e. The van der Waals surface area contributed by atoms with E-state index in [0.717, 1.165) is 36.1 Å². The molecule has 0 aromatic heterocycles. The van der Waals surface area contributed by atoms with Gasteiger partial charge in [-0.25, -0.2) is 0 Å². The molecule has 17 heavy (non-hydrogen) atoms. The van der Waals surface area contributed by atoms with Gasteiger partial charge in [-0.1, -0.05) is 13.0 Å². The van der Waals surface area contributed by atoms with Crippen molar-refractivity contribution in [1.82, 2.24) is 0 Å². The monoisotopic (exact) mass is 234 g/mol. The zero-order chi connectivity index (χ0) is 12.3. The molecule has 1 aliphatic rings. The van der Waals surface area contributed by atoms with E-state index in [-0.39, 0.29) is 18.5 Å². The molecule has 1 N–H and O–H groups in total. The van der Waals surface area contributed by atoms with Crippen LogP contribution in [0.3, 0.4) is 0 Å². The third-order valence-corrected chi connectivity index (χ3v) is 3.11. The zero-order valence-corrected chi connectivity index (χ0v) is 10.1. The fourth-order valence-electron chi connectivity index (χ4n) is 2.17. The van der Waals surface area contributed by atoms with Gasteiger partial charge < -0.3 is 9.84 Å². The van der Waals surface area contributed by atoms with Crippen molar-refractivity contribution in [3.05, 3.63) is 29.3 Å². The number of aryl methyl sites for hydroxylation is 1. The van der Waals surface area contributed by atoms with Crippen molar-refractivity contribution in [3.8, 4) is 5.75 Å². The van der Waals surface area contributed by atoms with Gasteiger partial charge in [-0.2, -0.15) is 0 Å². The minimum atomic E-state index is -0.276. The number of fused-ring (bicyclic) bond motifs is 1. The van der Waals surface area contributed by atoms with E-state index in [1.807, 2.05) is 25.1 Å². The first kappa shape index (κ1) is 12.1. The Morgan fingerprint density at radius 3 is 3.06 bits per heavy atom. The van der Waals surface area contributed by atoms with Crippen LogP contribution < -0.4 is 4.74 Å². The van der Waals surface area contributed by atoms with Crippen LogP contribution in [0.15, 0.2) is 18.2 Å². The fraction of sp³-hybridized carbons (Fsp3) is 0.500. The number of benzene rings is 1. The van der Waals surface area contributed by atoms with E-state index in [2.05, 4.69) is 0 Å². The number of Topliss-reactive ketones (excluding diaryl/α,β-unsaturated/α-hetero) is 1. The van der Waals surface area contributed by atoms with Crippen LogP contribution in [0, 0.1) is 0 Å². The van der Waals surface area contributed by atoms with Gasteiger partial charge in [0.1, 0.15) is 5.75 Å². The molecule has 0 fully saturated rings. The Morgan fingerprint density at radius 2 is 2.35 bits per heavy atom. The number of carbonyl (C=O) groups excluding carboxylic acids is 1. The Balaban J connectivity index is 2.11. The van der Waals surface area contributed by atoms with Crippen molar-refractivity contribution in [2.24, 2.45) is 0 Å². The van der Waals surface area contributed by atoms with Crippen molar-refractivity contribution in [1.29, 1.82) is 0 Å². The number of carbonyl (C=O) groups is 1. The molecule has 1 heterocycles. The first-order valence-electron chi connectivity index (χ1n) is 6.16. The van der Waals surface area contributed by atoms with E-state index in [4.69, 9.17) is 9.84 Å². The fourth-order valence-corrected chi connectivity index (χ4v) is 2.17. The molecular weight excluding hydrogens is 216 g/mol. The Morgan fingerprint density at radius 1 is 1.53 bits per heavy atom. The number of hydrogen-bond acceptors (Lipinski definition) is 3. The smallest absolute Gasteiger partial charge is 0.173 e. The summed E-state index contributed by atoms with van der Waals surface area (Å²) in [6.07, 6.45) is 2.79. The SMILES string of the molecule is CCCC(=O)C1CCc2cc(CO)ccc2O1. The van der Waals surface area contributed by atoms with Crippen molar-refractivity contribution < 1.29 is 14.6 Å². The molecule has 0 saturated carbocycles. The van der Waals surface area contributed by atoms with E-state index >= 15 is 0 Å². The van der Waals surface area contributed by atoms with Gasteiger partial charge in [-0.3, -0.25) is 4.79 Å².